The molecule has 0 unspecified atom stereocenters. The molecule has 1 fully saturated rings. The van der Waals surface area contributed by atoms with E-state index in [-0.39, 0.29) is 6.42 Å². The SMILES string of the molecule is CCCCCCCCCCCCCC(=O)O[C@H](CCCCCCCCCCC)CC(=O)O[C@@H]1[C@@H](NC(=O)C[C@H](O)CCCCCCCCCCC)[C@@H](C(=O)O)O[C@H](CO)[C@H]1OP(=O)(O)O. The van der Waals surface area contributed by atoms with Gasteiger partial charge in [-0.05, 0) is 25.7 Å². The maximum atomic E-state index is 13.8. The van der Waals surface area contributed by atoms with Gasteiger partial charge in [0.15, 0.2) is 12.2 Å². The van der Waals surface area contributed by atoms with Gasteiger partial charge in [-0.3, -0.25) is 18.9 Å². The second-order valence-corrected chi connectivity index (χ2v) is 19.6. The van der Waals surface area contributed by atoms with E-state index in [0.29, 0.717) is 32.1 Å². The predicted octanol–water partition coefficient (Wildman–Crippen LogP) is 10.3. The monoisotopic (exact) mass is 950 g/mol. The van der Waals surface area contributed by atoms with Gasteiger partial charge in [-0.2, -0.15) is 0 Å². The molecule has 0 aliphatic carbocycles. The number of rotatable bonds is 43. The molecule has 0 aromatic heterocycles. The van der Waals surface area contributed by atoms with Crippen LogP contribution in [0.4, 0.5) is 0 Å². The van der Waals surface area contributed by atoms with Crippen LogP contribution in [0.15, 0.2) is 0 Å². The summed E-state index contributed by atoms with van der Waals surface area (Å²) in [6.45, 7) is 5.59. The molecule has 16 heteroatoms. The summed E-state index contributed by atoms with van der Waals surface area (Å²) in [4.78, 5) is 72.5. The van der Waals surface area contributed by atoms with Crippen LogP contribution in [0, 0.1) is 0 Å². The molecule has 0 saturated carbocycles. The molecule has 1 aliphatic rings. The third-order valence-electron chi connectivity index (χ3n) is 12.3. The van der Waals surface area contributed by atoms with Crippen molar-refractivity contribution in [1.29, 1.82) is 0 Å². The minimum atomic E-state index is -5.38. The molecule has 382 valence electrons. The summed E-state index contributed by atoms with van der Waals surface area (Å²) in [5.74, 6) is -3.88. The van der Waals surface area contributed by atoms with Crippen molar-refractivity contribution in [1.82, 2.24) is 5.32 Å². The zero-order valence-corrected chi connectivity index (χ0v) is 41.5. The average molecular weight is 950 g/mol. The third kappa shape index (κ3) is 31.5. The fourth-order valence-corrected chi connectivity index (χ4v) is 9.16. The van der Waals surface area contributed by atoms with Crippen LogP contribution in [0.1, 0.15) is 239 Å². The third-order valence-corrected chi connectivity index (χ3v) is 12.9. The topological polar surface area (TPSA) is 235 Å². The Labute approximate surface area is 391 Å². The largest absolute Gasteiger partial charge is 0.479 e. The van der Waals surface area contributed by atoms with Crippen molar-refractivity contribution in [2.75, 3.05) is 6.61 Å². The quantitative estimate of drug-likeness (QED) is 0.0190. The van der Waals surface area contributed by atoms with Crippen LogP contribution in [-0.4, -0.2) is 98.2 Å². The number of carbonyl (C=O) groups is 4. The van der Waals surface area contributed by atoms with Gasteiger partial charge in [0.2, 0.25) is 5.91 Å². The summed E-state index contributed by atoms with van der Waals surface area (Å²) >= 11 is 0. The summed E-state index contributed by atoms with van der Waals surface area (Å²) < 4.78 is 34.2. The van der Waals surface area contributed by atoms with Crippen molar-refractivity contribution in [3.05, 3.63) is 0 Å². The first kappa shape index (κ1) is 60.9. The number of esters is 2. The minimum absolute atomic E-state index is 0.177. The van der Waals surface area contributed by atoms with E-state index in [4.69, 9.17) is 18.7 Å². The van der Waals surface area contributed by atoms with Gasteiger partial charge in [0.05, 0.1) is 25.6 Å². The second kappa shape index (κ2) is 38.8. The van der Waals surface area contributed by atoms with Gasteiger partial charge in [-0.1, -0.05) is 194 Å². The molecule has 1 aliphatic heterocycles. The number of amides is 1. The Morgan fingerprint density at radius 2 is 1.03 bits per heavy atom. The summed E-state index contributed by atoms with van der Waals surface area (Å²) in [6, 6.07) is -1.75. The van der Waals surface area contributed by atoms with E-state index in [0.717, 1.165) is 70.6 Å². The van der Waals surface area contributed by atoms with Crippen LogP contribution in [-0.2, 0) is 42.5 Å². The smallest absolute Gasteiger partial charge is 0.470 e. The average Bonchev–Trinajstić information content (AvgIpc) is 3.24. The molecule has 0 spiro atoms. The van der Waals surface area contributed by atoms with Gasteiger partial charge in [-0.15, -0.1) is 0 Å². The summed E-state index contributed by atoms with van der Waals surface area (Å²) in [5.41, 5.74) is 0. The molecule has 7 atom stereocenters. The Bertz CT molecular complexity index is 1280. The van der Waals surface area contributed by atoms with Crippen molar-refractivity contribution in [2.24, 2.45) is 0 Å². The maximum Gasteiger partial charge on any atom is 0.470 e. The van der Waals surface area contributed by atoms with Crippen molar-refractivity contribution in [3.63, 3.8) is 0 Å². The molecule has 0 aromatic carbocycles. The van der Waals surface area contributed by atoms with E-state index in [1.807, 2.05) is 0 Å². The number of phosphoric acid groups is 1. The highest BCUT2D eigenvalue weighted by atomic mass is 31.2. The fourth-order valence-electron chi connectivity index (χ4n) is 8.58. The van der Waals surface area contributed by atoms with Crippen LogP contribution < -0.4 is 5.32 Å². The molecule has 1 rings (SSSR count). The molecule has 0 radical (unpaired) electrons. The number of hydrogen-bond acceptors (Lipinski definition) is 11. The number of unbranched alkanes of at least 4 members (excludes halogenated alkanes) is 26. The van der Waals surface area contributed by atoms with E-state index >= 15 is 0 Å². The second-order valence-electron chi connectivity index (χ2n) is 18.4. The molecule has 15 nitrogen and oxygen atoms in total. The number of ether oxygens (including phenoxy) is 3. The van der Waals surface area contributed by atoms with E-state index in [1.54, 1.807) is 0 Å². The molecule has 6 N–H and O–H groups in total. The summed E-state index contributed by atoms with van der Waals surface area (Å²) in [6.07, 6.45) is 22.0. The zero-order chi connectivity index (χ0) is 48.1. The van der Waals surface area contributed by atoms with Crippen molar-refractivity contribution in [3.8, 4) is 0 Å². The number of aliphatic hydroxyl groups is 2. The zero-order valence-electron chi connectivity index (χ0n) is 40.6. The molecule has 1 heterocycles. The van der Waals surface area contributed by atoms with E-state index < -0.39 is 93.8 Å². The fraction of sp³-hybridized carbons (Fsp3) is 0.918. The summed E-state index contributed by atoms with van der Waals surface area (Å²) in [5, 5.41) is 33.5. The number of carboxylic acids is 1. The number of phosphoric ester groups is 1. The van der Waals surface area contributed by atoms with Crippen LogP contribution in [0.2, 0.25) is 0 Å². The number of aliphatic hydroxyl groups excluding tert-OH is 2. The van der Waals surface area contributed by atoms with Crippen molar-refractivity contribution < 1.29 is 67.6 Å². The Morgan fingerprint density at radius 3 is 1.46 bits per heavy atom. The molecule has 65 heavy (non-hydrogen) atoms. The van der Waals surface area contributed by atoms with Gasteiger partial charge >= 0.3 is 25.7 Å². The predicted molar refractivity (Wildman–Crippen MR) is 252 cm³/mol. The van der Waals surface area contributed by atoms with Crippen LogP contribution in [0.5, 0.6) is 0 Å². The Morgan fingerprint density at radius 1 is 0.600 bits per heavy atom. The minimum Gasteiger partial charge on any atom is -0.479 e. The number of carboxylic acid groups (broad SMARTS) is 1. The normalized spacial score (nSPS) is 19.7. The highest BCUT2D eigenvalue weighted by Crippen LogP contribution is 2.42. The first-order chi connectivity index (χ1) is 31.3. The number of nitrogens with one attached hydrogen (secondary N) is 1. The maximum absolute atomic E-state index is 13.8. The van der Waals surface area contributed by atoms with Crippen molar-refractivity contribution >= 4 is 31.6 Å². The van der Waals surface area contributed by atoms with Gasteiger partial charge < -0.3 is 44.6 Å². The van der Waals surface area contributed by atoms with Crippen LogP contribution in [0.3, 0.4) is 0 Å². The Balaban J connectivity index is 3.06. The Hall–Kier alpha value is -2.13. The molecular weight excluding hydrogens is 858 g/mol. The lowest BCUT2D eigenvalue weighted by Gasteiger charge is -2.44. The lowest BCUT2D eigenvalue weighted by atomic mass is 9.92. The van der Waals surface area contributed by atoms with Gasteiger partial charge in [-0.25, -0.2) is 9.36 Å². The standard InChI is InChI=1S/C49H92NO14P/c1-4-7-10-13-16-19-20-23-26-29-32-35-43(54)61-40(34-31-28-25-22-18-15-12-9-6-3)37-44(55)63-47-45(48(49(56)57)62-41(38-51)46(47)64-65(58,59)60)50-42(53)36-39(52)33-30-27-24-21-17-14-11-8-5-2/h39-41,45-48,51-52H,4-38H2,1-3H3,(H,50,53)(H,56,57)(H2,58,59,60)/t39-,40-,41-,45-,46-,47-,48+/m1/s1. The molecular formula is C49H92NO14P. The highest BCUT2D eigenvalue weighted by Gasteiger charge is 2.53. The lowest BCUT2D eigenvalue weighted by molar-refractivity contribution is -0.215. The highest BCUT2D eigenvalue weighted by molar-refractivity contribution is 7.46. The number of aliphatic carboxylic acids is 1. The van der Waals surface area contributed by atoms with E-state index in [2.05, 4.69) is 26.1 Å². The van der Waals surface area contributed by atoms with Crippen LogP contribution in [0.25, 0.3) is 0 Å². The summed E-state index contributed by atoms with van der Waals surface area (Å²) in [7, 11) is -5.38. The first-order valence-electron chi connectivity index (χ1n) is 25.9. The van der Waals surface area contributed by atoms with Crippen LogP contribution >= 0.6 is 7.82 Å². The van der Waals surface area contributed by atoms with E-state index in [1.165, 1.54) is 96.3 Å². The van der Waals surface area contributed by atoms with Gasteiger partial charge in [0.25, 0.3) is 0 Å². The molecule has 1 saturated heterocycles. The molecule has 0 aromatic rings. The number of hydrogen-bond donors (Lipinski definition) is 6. The van der Waals surface area contributed by atoms with Gasteiger partial charge in [0, 0.05) is 6.42 Å². The van der Waals surface area contributed by atoms with Gasteiger partial charge in [0.1, 0.15) is 24.4 Å². The van der Waals surface area contributed by atoms with Crippen molar-refractivity contribution in [2.45, 2.75) is 282 Å². The number of carbonyl (C=O) groups excluding carboxylic acids is 3. The lowest BCUT2D eigenvalue weighted by Crippen LogP contribution is -2.67. The Kier molecular flexibility index (Phi) is 36.3. The van der Waals surface area contributed by atoms with E-state index in [9.17, 15) is 48.8 Å². The molecule has 0 bridgehead atoms. The first-order valence-corrected chi connectivity index (χ1v) is 27.4. The molecule has 1 amide bonds.